The Labute approximate surface area is 116 Å². The predicted octanol–water partition coefficient (Wildman–Crippen LogP) is 3.10. The molecule has 5 heteroatoms. The molecule has 1 aromatic heterocycles. The van der Waals surface area contributed by atoms with Crippen LogP contribution in [0.2, 0.25) is 0 Å². The molecule has 1 amide bonds. The molecule has 0 saturated carbocycles. The summed E-state index contributed by atoms with van der Waals surface area (Å²) in [5.41, 5.74) is 0.129. The fourth-order valence-electron chi connectivity index (χ4n) is 1.59. The first-order valence-corrected chi connectivity index (χ1v) is 6.83. The summed E-state index contributed by atoms with van der Waals surface area (Å²) in [6.07, 6.45) is 1.74. The van der Waals surface area contributed by atoms with Gasteiger partial charge in [-0.25, -0.2) is 4.98 Å². The zero-order valence-corrected chi connectivity index (χ0v) is 11.9. The third kappa shape index (κ3) is 2.91. The number of benzene rings is 1. The maximum Gasteiger partial charge on any atom is 0.252 e. The van der Waals surface area contributed by atoms with E-state index in [4.69, 9.17) is 0 Å². The third-order valence-electron chi connectivity index (χ3n) is 2.50. The molecule has 0 aliphatic carbocycles. The average Bonchev–Trinajstić information content (AvgIpc) is 2.82. The number of amides is 1. The summed E-state index contributed by atoms with van der Waals surface area (Å²) < 4.78 is 0. The molecule has 0 saturated heterocycles. The molecule has 0 bridgehead atoms. The predicted molar refractivity (Wildman–Crippen MR) is 76.3 cm³/mol. The lowest BCUT2D eigenvalue weighted by atomic mass is 10.1. The van der Waals surface area contributed by atoms with Crippen LogP contribution in [-0.4, -0.2) is 10.9 Å². The monoisotopic (exact) mass is 278 g/mol. The largest absolute Gasteiger partial charge is 0.341 e. The zero-order chi connectivity index (χ0) is 13.2. The molecule has 0 aliphatic heterocycles. The molecule has 1 aromatic carbocycles. The van der Waals surface area contributed by atoms with Crippen LogP contribution < -0.4 is 5.32 Å². The van der Waals surface area contributed by atoms with Crippen molar-refractivity contribution in [3.05, 3.63) is 46.4 Å². The topological polar surface area (TPSA) is 42.0 Å². The molecule has 1 heterocycles. The highest BCUT2D eigenvalue weighted by Gasteiger charge is 2.25. The number of rotatable bonds is 3. The van der Waals surface area contributed by atoms with Crippen molar-refractivity contribution in [3.63, 3.8) is 0 Å². The number of carbonyl (C=O) groups excluding carboxylic acids is 1. The quantitative estimate of drug-likeness (QED) is 0.847. The van der Waals surface area contributed by atoms with Gasteiger partial charge in [-0.1, -0.05) is 6.07 Å². The summed E-state index contributed by atoms with van der Waals surface area (Å²) in [7, 11) is 0. The second-order valence-corrected chi connectivity index (χ2v) is 5.88. The summed E-state index contributed by atoms with van der Waals surface area (Å²) in [6, 6.07) is 7.17. The molecule has 1 N–H and O–H groups in total. The first-order valence-electron chi connectivity index (χ1n) is 5.50. The van der Waals surface area contributed by atoms with Gasteiger partial charge in [-0.2, -0.15) is 0 Å². The van der Waals surface area contributed by atoms with E-state index in [-0.39, 0.29) is 5.91 Å². The van der Waals surface area contributed by atoms with Crippen molar-refractivity contribution >= 4 is 29.9 Å². The minimum absolute atomic E-state index is 0.119. The van der Waals surface area contributed by atoms with Crippen molar-refractivity contribution in [1.29, 1.82) is 0 Å². The van der Waals surface area contributed by atoms with Crippen molar-refractivity contribution < 1.29 is 4.79 Å². The summed E-state index contributed by atoms with van der Waals surface area (Å²) in [5, 5.41) is 5.76. The van der Waals surface area contributed by atoms with E-state index >= 15 is 0 Å². The van der Waals surface area contributed by atoms with Crippen molar-refractivity contribution in [2.24, 2.45) is 0 Å². The number of aromatic nitrogens is 1. The number of nitrogens with one attached hydrogen (secondary N) is 1. The molecule has 0 aliphatic rings. The van der Waals surface area contributed by atoms with Crippen molar-refractivity contribution in [2.75, 3.05) is 0 Å². The molecular weight excluding hydrogens is 264 g/mol. The smallest absolute Gasteiger partial charge is 0.252 e. The molecule has 0 fully saturated rings. The van der Waals surface area contributed by atoms with Crippen LogP contribution in [0.1, 0.15) is 29.2 Å². The highest BCUT2D eigenvalue weighted by molar-refractivity contribution is 7.80. The van der Waals surface area contributed by atoms with E-state index in [1.807, 2.05) is 31.4 Å². The lowest BCUT2D eigenvalue weighted by Crippen LogP contribution is -2.40. The maximum atomic E-state index is 12.1. The number of nitrogens with zero attached hydrogens (tertiary/aromatic N) is 1. The first kappa shape index (κ1) is 13.1. The van der Waals surface area contributed by atoms with Gasteiger partial charge in [0.15, 0.2) is 0 Å². The van der Waals surface area contributed by atoms with E-state index in [0.29, 0.717) is 5.56 Å². The van der Waals surface area contributed by atoms with Crippen molar-refractivity contribution in [1.82, 2.24) is 10.3 Å². The fraction of sp³-hybridized carbons (Fsp3) is 0.231. The Morgan fingerprint density at radius 3 is 2.83 bits per heavy atom. The lowest BCUT2D eigenvalue weighted by molar-refractivity contribution is 0.0911. The van der Waals surface area contributed by atoms with Crippen LogP contribution in [-0.2, 0) is 5.54 Å². The highest BCUT2D eigenvalue weighted by Crippen LogP contribution is 2.22. The molecule has 18 heavy (non-hydrogen) atoms. The number of carbonyl (C=O) groups is 1. The van der Waals surface area contributed by atoms with Crippen LogP contribution >= 0.6 is 24.0 Å². The Hall–Kier alpha value is -1.33. The first-order chi connectivity index (χ1) is 8.49. The van der Waals surface area contributed by atoms with Crippen LogP contribution in [0, 0.1) is 0 Å². The zero-order valence-electron chi connectivity index (χ0n) is 10.2. The van der Waals surface area contributed by atoms with Crippen LogP contribution in [0.25, 0.3) is 0 Å². The summed E-state index contributed by atoms with van der Waals surface area (Å²) in [6.45, 7) is 3.88. The second-order valence-electron chi connectivity index (χ2n) is 4.47. The lowest BCUT2D eigenvalue weighted by Gasteiger charge is -2.23. The van der Waals surface area contributed by atoms with E-state index in [2.05, 4.69) is 22.9 Å². The molecule has 0 radical (unpaired) electrons. The molecule has 3 nitrogen and oxygen atoms in total. The van der Waals surface area contributed by atoms with Gasteiger partial charge in [0.2, 0.25) is 0 Å². The van der Waals surface area contributed by atoms with E-state index in [9.17, 15) is 4.79 Å². The van der Waals surface area contributed by atoms with E-state index < -0.39 is 5.54 Å². The van der Waals surface area contributed by atoms with Crippen LogP contribution in [0.5, 0.6) is 0 Å². The molecule has 0 atom stereocenters. The Kier molecular flexibility index (Phi) is 3.73. The SMILES string of the molecule is CC(C)(NC(=O)c1cccc(S)c1)c1nccs1. The van der Waals surface area contributed by atoms with Gasteiger partial charge in [0.05, 0.1) is 5.54 Å². The summed E-state index contributed by atoms with van der Waals surface area (Å²) >= 11 is 5.76. The van der Waals surface area contributed by atoms with Gasteiger partial charge in [0.25, 0.3) is 5.91 Å². The second kappa shape index (κ2) is 5.12. The third-order valence-corrected chi connectivity index (χ3v) is 3.88. The molecular formula is C13H14N2OS2. The van der Waals surface area contributed by atoms with Gasteiger partial charge in [-0.15, -0.1) is 24.0 Å². The number of thiol groups is 1. The van der Waals surface area contributed by atoms with Gasteiger partial charge in [-0.3, -0.25) is 4.79 Å². The van der Waals surface area contributed by atoms with E-state index in [1.165, 1.54) is 11.3 Å². The summed E-state index contributed by atoms with van der Waals surface area (Å²) in [4.78, 5) is 17.2. The van der Waals surface area contributed by atoms with Gasteiger partial charge in [0, 0.05) is 22.0 Å². The van der Waals surface area contributed by atoms with Crippen LogP contribution in [0.15, 0.2) is 40.7 Å². The minimum atomic E-state index is -0.474. The van der Waals surface area contributed by atoms with E-state index in [0.717, 1.165) is 9.90 Å². The van der Waals surface area contributed by atoms with Crippen LogP contribution in [0.3, 0.4) is 0 Å². The molecule has 0 spiro atoms. The molecule has 2 rings (SSSR count). The highest BCUT2D eigenvalue weighted by atomic mass is 32.1. The molecule has 2 aromatic rings. The van der Waals surface area contributed by atoms with Gasteiger partial charge < -0.3 is 5.32 Å². The normalized spacial score (nSPS) is 11.3. The number of hydrogen-bond acceptors (Lipinski definition) is 4. The fourth-order valence-corrected chi connectivity index (χ4v) is 2.53. The Morgan fingerprint density at radius 1 is 1.44 bits per heavy atom. The summed E-state index contributed by atoms with van der Waals surface area (Å²) in [5.74, 6) is -0.119. The van der Waals surface area contributed by atoms with Gasteiger partial charge in [0.1, 0.15) is 5.01 Å². The standard InChI is InChI=1S/C13H14N2OS2/c1-13(2,12-14-6-7-18-12)15-11(16)9-4-3-5-10(17)8-9/h3-8,17H,1-2H3,(H,15,16). The average molecular weight is 278 g/mol. The Balaban J connectivity index is 2.17. The minimum Gasteiger partial charge on any atom is -0.341 e. The molecule has 94 valence electrons. The number of hydrogen-bond donors (Lipinski definition) is 2. The number of thiazole rings is 1. The van der Waals surface area contributed by atoms with Gasteiger partial charge in [-0.05, 0) is 32.0 Å². The Bertz CT molecular complexity index is 550. The van der Waals surface area contributed by atoms with Crippen molar-refractivity contribution in [2.45, 2.75) is 24.3 Å². The molecule has 0 unspecified atom stereocenters. The van der Waals surface area contributed by atoms with E-state index in [1.54, 1.807) is 18.3 Å². The van der Waals surface area contributed by atoms with Crippen LogP contribution in [0.4, 0.5) is 0 Å². The van der Waals surface area contributed by atoms with Crippen molar-refractivity contribution in [3.8, 4) is 0 Å². The maximum absolute atomic E-state index is 12.1. The Morgan fingerprint density at radius 2 is 2.22 bits per heavy atom. The van der Waals surface area contributed by atoms with Gasteiger partial charge >= 0.3 is 0 Å².